The molecule has 0 saturated carbocycles. The Morgan fingerprint density at radius 1 is 1.47 bits per heavy atom. The van der Waals surface area contributed by atoms with E-state index in [0.717, 1.165) is 19.3 Å². The van der Waals surface area contributed by atoms with Gasteiger partial charge < -0.3 is 4.74 Å². The summed E-state index contributed by atoms with van der Waals surface area (Å²) >= 11 is 1.74. The molecule has 1 unspecified atom stereocenters. The molecule has 2 aliphatic heterocycles. The van der Waals surface area contributed by atoms with Gasteiger partial charge in [0.05, 0.1) is 12.4 Å². The Balaban J connectivity index is 1.73. The lowest BCUT2D eigenvalue weighted by Crippen LogP contribution is -2.35. The number of thiophene rings is 1. The zero-order valence-corrected chi connectivity index (χ0v) is 12.5. The summed E-state index contributed by atoms with van der Waals surface area (Å²) in [7, 11) is -3.15. The molecule has 0 aliphatic carbocycles. The van der Waals surface area contributed by atoms with E-state index < -0.39 is 10.0 Å². The van der Waals surface area contributed by atoms with Gasteiger partial charge in [0.1, 0.15) is 0 Å². The van der Waals surface area contributed by atoms with Crippen LogP contribution in [-0.4, -0.2) is 38.2 Å². The van der Waals surface area contributed by atoms with Crippen LogP contribution in [0.15, 0.2) is 11.4 Å². The Hall–Kier alpha value is -0.430. The molecule has 3 rings (SSSR count). The number of aryl methyl sites for hydroxylation is 1. The van der Waals surface area contributed by atoms with Crippen LogP contribution in [0.4, 0.5) is 0 Å². The van der Waals surface area contributed by atoms with Gasteiger partial charge in [-0.25, -0.2) is 8.42 Å². The second-order valence-electron chi connectivity index (χ2n) is 5.31. The summed E-state index contributed by atoms with van der Waals surface area (Å²) in [5.74, 6) is 0.419. The normalized spacial score (nSPS) is 25.2. The monoisotopic (exact) mass is 301 g/mol. The van der Waals surface area contributed by atoms with Crippen LogP contribution in [0.2, 0.25) is 0 Å². The molecule has 0 amide bonds. The first-order valence-corrected chi connectivity index (χ1v) is 9.25. The number of nitrogens with zero attached hydrogens (tertiary/aromatic N) is 1. The van der Waals surface area contributed by atoms with Gasteiger partial charge in [0, 0.05) is 24.6 Å². The highest BCUT2D eigenvalue weighted by molar-refractivity contribution is 7.89. The Bertz CT molecular complexity index is 532. The average molecular weight is 301 g/mol. The largest absolute Gasteiger partial charge is 0.381 e. The van der Waals surface area contributed by atoms with E-state index in [1.54, 1.807) is 15.6 Å². The van der Waals surface area contributed by atoms with Crippen molar-refractivity contribution in [2.24, 2.45) is 5.92 Å². The van der Waals surface area contributed by atoms with Gasteiger partial charge in [-0.2, -0.15) is 4.31 Å². The molecular formula is C13H19NO3S2. The number of sulfonamides is 1. The third-order valence-corrected chi connectivity index (χ3v) is 6.87. The minimum Gasteiger partial charge on any atom is -0.381 e. The van der Waals surface area contributed by atoms with Crippen LogP contribution in [0, 0.1) is 5.92 Å². The highest BCUT2D eigenvalue weighted by Gasteiger charge is 2.30. The van der Waals surface area contributed by atoms with E-state index in [4.69, 9.17) is 4.74 Å². The lowest BCUT2D eigenvalue weighted by molar-refractivity contribution is 0.188. The summed E-state index contributed by atoms with van der Waals surface area (Å²) in [6.45, 7) is 2.50. The van der Waals surface area contributed by atoms with E-state index >= 15 is 0 Å². The Labute approximate surface area is 118 Å². The Kier molecular flexibility index (Phi) is 3.93. The quantitative estimate of drug-likeness (QED) is 0.856. The standard InChI is InChI=1S/C13H19NO3S2/c15-19(16,10-11-3-6-17-9-11)14-5-1-2-13-12(8-14)4-7-18-13/h4,7,11H,1-3,5-6,8-10H2. The summed E-state index contributed by atoms with van der Waals surface area (Å²) < 4.78 is 31.9. The van der Waals surface area contributed by atoms with Crippen LogP contribution in [0.5, 0.6) is 0 Å². The molecule has 1 fully saturated rings. The fourth-order valence-corrected chi connectivity index (χ4v) is 5.52. The molecule has 1 aromatic heterocycles. The molecule has 1 atom stereocenters. The molecule has 0 bridgehead atoms. The summed E-state index contributed by atoms with van der Waals surface area (Å²) in [6.07, 6.45) is 2.80. The van der Waals surface area contributed by atoms with Crippen molar-refractivity contribution in [2.45, 2.75) is 25.8 Å². The predicted molar refractivity (Wildman–Crippen MR) is 75.8 cm³/mol. The third-order valence-electron chi connectivity index (χ3n) is 3.86. The Morgan fingerprint density at radius 2 is 2.37 bits per heavy atom. The zero-order valence-electron chi connectivity index (χ0n) is 10.9. The van der Waals surface area contributed by atoms with E-state index in [2.05, 4.69) is 11.4 Å². The van der Waals surface area contributed by atoms with Crippen molar-refractivity contribution < 1.29 is 13.2 Å². The molecule has 2 aliphatic rings. The van der Waals surface area contributed by atoms with E-state index in [0.29, 0.717) is 26.3 Å². The highest BCUT2D eigenvalue weighted by atomic mass is 32.2. The number of ether oxygens (including phenoxy) is 1. The van der Waals surface area contributed by atoms with Crippen molar-refractivity contribution >= 4 is 21.4 Å². The number of hydrogen-bond acceptors (Lipinski definition) is 4. The van der Waals surface area contributed by atoms with Crippen LogP contribution >= 0.6 is 11.3 Å². The van der Waals surface area contributed by atoms with Crippen LogP contribution in [-0.2, 0) is 27.7 Å². The maximum absolute atomic E-state index is 12.5. The molecule has 0 spiro atoms. The number of rotatable bonds is 3. The van der Waals surface area contributed by atoms with Crippen molar-refractivity contribution in [2.75, 3.05) is 25.5 Å². The van der Waals surface area contributed by atoms with Gasteiger partial charge in [-0.15, -0.1) is 11.3 Å². The lowest BCUT2D eigenvalue weighted by Gasteiger charge is -2.21. The van der Waals surface area contributed by atoms with Crippen LogP contribution in [0.25, 0.3) is 0 Å². The maximum atomic E-state index is 12.5. The smallest absolute Gasteiger partial charge is 0.214 e. The molecule has 0 aromatic carbocycles. The first-order chi connectivity index (χ1) is 9.15. The SMILES string of the molecule is O=S(=O)(CC1CCOC1)N1CCCc2sccc2C1. The van der Waals surface area contributed by atoms with Crippen LogP contribution < -0.4 is 0 Å². The first kappa shape index (κ1) is 13.5. The lowest BCUT2D eigenvalue weighted by atomic mass is 10.2. The average Bonchev–Trinajstić information content (AvgIpc) is 2.97. The van der Waals surface area contributed by atoms with E-state index in [1.165, 1.54) is 10.4 Å². The van der Waals surface area contributed by atoms with Gasteiger partial charge in [0.25, 0.3) is 0 Å². The second-order valence-corrected chi connectivity index (χ2v) is 8.33. The van der Waals surface area contributed by atoms with E-state index in [9.17, 15) is 8.42 Å². The van der Waals surface area contributed by atoms with Crippen molar-refractivity contribution in [3.8, 4) is 0 Å². The van der Waals surface area contributed by atoms with Crippen molar-refractivity contribution in [3.63, 3.8) is 0 Å². The Morgan fingerprint density at radius 3 is 3.16 bits per heavy atom. The zero-order chi connectivity index (χ0) is 13.3. The highest BCUT2D eigenvalue weighted by Crippen LogP contribution is 2.26. The number of fused-ring (bicyclic) bond motifs is 1. The predicted octanol–water partition coefficient (Wildman–Crippen LogP) is 1.86. The van der Waals surface area contributed by atoms with Gasteiger partial charge in [-0.3, -0.25) is 0 Å². The molecule has 1 saturated heterocycles. The molecule has 1 aromatic rings. The minimum atomic E-state index is -3.15. The van der Waals surface area contributed by atoms with Crippen LogP contribution in [0.1, 0.15) is 23.3 Å². The molecule has 6 heteroatoms. The third kappa shape index (κ3) is 3.02. The second kappa shape index (κ2) is 5.52. The maximum Gasteiger partial charge on any atom is 0.214 e. The fourth-order valence-electron chi connectivity index (χ4n) is 2.77. The topological polar surface area (TPSA) is 46.6 Å². The van der Waals surface area contributed by atoms with Gasteiger partial charge in [-0.1, -0.05) is 0 Å². The number of hydrogen-bond donors (Lipinski definition) is 0. The van der Waals surface area contributed by atoms with Gasteiger partial charge in [0.2, 0.25) is 10.0 Å². The van der Waals surface area contributed by atoms with Crippen molar-refractivity contribution in [1.82, 2.24) is 4.31 Å². The summed E-state index contributed by atoms with van der Waals surface area (Å²) in [5.41, 5.74) is 1.19. The molecule has 0 radical (unpaired) electrons. The van der Waals surface area contributed by atoms with Crippen molar-refractivity contribution in [3.05, 3.63) is 21.9 Å². The molecular weight excluding hydrogens is 282 g/mol. The van der Waals surface area contributed by atoms with Crippen molar-refractivity contribution in [1.29, 1.82) is 0 Å². The van der Waals surface area contributed by atoms with Gasteiger partial charge in [0.15, 0.2) is 0 Å². The summed E-state index contributed by atoms with van der Waals surface area (Å²) in [6, 6.07) is 2.06. The molecule has 0 N–H and O–H groups in total. The van der Waals surface area contributed by atoms with E-state index in [-0.39, 0.29) is 11.7 Å². The van der Waals surface area contributed by atoms with E-state index in [1.807, 2.05) is 0 Å². The first-order valence-electron chi connectivity index (χ1n) is 6.76. The fraction of sp³-hybridized carbons (Fsp3) is 0.692. The van der Waals surface area contributed by atoms with Crippen LogP contribution in [0.3, 0.4) is 0 Å². The summed E-state index contributed by atoms with van der Waals surface area (Å²) in [4.78, 5) is 1.35. The molecule has 106 valence electrons. The minimum absolute atomic E-state index is 0.176. The molecule has 3 heterocycles. The summed E-state index contributed by atoms with van der Waals surface area (Å²) in [5, 5.41) is 2.06. The molecule has 19 heavy (non-hydrogen) atoms. The van der Waals surface area contributed by atoms with Gasteiger partial charge in [-0.05, 0) is 42.2 Å². The van der Waals surface area contributed by atoms with Gasteiger partial charge >= 0.3 is 0 Å². The molecule has 4 nitrogen and oxygen atoms in total.